The first-order valence-electron chi connectivity index (χ1n) is 8.56. The molecule has 7 nitrogen and oxygen atoms in total. The van der Waals surface area contributed by atoms with Gasteiger partial charge >= 0.3 is 5.97 Å². The molecule has 150 valence electrons. The molecule has 2 aromatic rings. The molecule has 0 heterocycles. The maximum atomic E-state index is 12.9. The number of anilines is 1. The van der Waals surface area contributed by atoms with Crippen molar-refractivity contribution in [2.75, 3.05) is 11.9 Å². The fourth-order valence-electron chi connectivity index (χ4n) is 2.21. The van der Waals surface area contributed by atoms with Crippen LogP contribution in [0, 0.1) is 5.82 Å². The van der Waals surface area contributed by atoms with Gasteiger partial charge in [0.15, 0.2) is 6.10 Å². The molecule has 0 aliphatic rings. The van der Waals surface area contributed by atoms with Crippen molar-refractivity contribution in [2.45, 2.75) is 31.3 Å². The molecule has 1 amide bonds. The van der Waals surface area contributed by atoms with Crippen LogP contribution in [0.4, 0.5) is 10.1 Å². The van der Waals surface area contributed by atoms with Crippen LogP contribution in [0.25, 0.3) is 0 Å². The van der Waals surface area contributed by atoms with Gasteiger partial charge in [0.05, 0.1) is 4.90 Å². The Labute approximate surface area is 163 Å². The number of amides is 1. The van der Waals surface area contributed by atoms with Crippen LogP contribution in [0.2, 0.25) is 0 Å². The smallest absolute Gasteiger partial charge is 0.321 e. The molecule has 0 aliphatic heterocycles. The van der Waals surface area contributed by atoms with Gasteiger partial charge in [0.1, 0.15) is 12.4 Å². The van der Waals surface area contributed by atoms with E-state index in [1.807, 2.05) is 23.8 Å². The zero-order valence-electron chi connectivity index (χ0n) is 15.4. The van der Waals surface area contributed by atoms with Crippen molar-refractivity contribution >= 4 is 27.6 Å². The minimum Gasteiger partial charge on any atom is -0.452 e. The number of carbonyl (C=O) groups excluding carboxylic acids is 2. The summed E-state index contributed by atoms with van der Waals surface area (Å²) in [6, 6.07) is 11.3. The molecule has 2 aromatic carbocycles. The monoisotopic (exact) mass is 408 g/mol. The molecule has 2 rings (SSSR count). The van der Waals surface area contributed by atoms with E-state index in [2.05, 4.69) is 5.32 Å². The molecule has 1 atom stereocenters. The second-order valence-corrected chi connectivity index (χ2v) is 7.72. The van der Waals surface area contributed by atoms with E-state index in [0.29, 0.717) is 5.69 Å². The largest absolute Gasteiger partial charge is 0.452 e. The number of nitrogens with one attached hydrogen (secondary N) is 2. The third kappa shape index (κ3) is 6.14. The number of hydrogen-bond donors (Lipinski definition) is 2. The Kier molecular flexibility index (Phi) is 7.24. The van der Waals surface area contributed by atoms with Gasteiger partial charge in [-0.05, 0) is 55.3 Å². The Morgan fingerprint density at radius 2 is 1.68 bits per heavy atom. The quantitative estimate of drug-likeness (QED) is 0.653. The van der Waals surface area contributed by atoms with E-state index < -0.39 is 40.4 Å². The van der Waals surface area contributed by atoms with Gasteiger partial charge in [-0.3, -0.25) is 9.59 Å². The van der Waals surface area contributed by atoms with E-state index in [1.165, 1.54) is 6.92 Å². The summed E-state index contributed by atoms with van der Waals surface area (Å²) in [7, 11) is -4.00. The lowest BCUT2D eigenvalue weighted by Gasteiger charge is -2.14. The molecule has 2 N–H and O–H groups in total. The summed E-state index contributed by atoms with van der Waals surface area (Å²) in [6.07, 6.45) is -0.246. The number of esters is 1. The van der Waals surface area contributed by atoms with Crippen LogP contribution in [-0.4, -0.2) is 32.9 Å². The summed E-state index contributed by atoms with van der Waals surface area (Å²) in [5.74, 6) is -2.05. The highest BCUT2D eigenvalue weighted by Crippen LogP contribution is 2.11. The molecule has 0 fully saturated rings. The van der Waals surface area contributed by atoms with Crippen molar-refractivity contribution in [3.8, 4) is 0 Å². The molecule has 9 heteroatoms. The van der Waals surface area contributed by atoms with E-state index in [0.717, 1.165) is 36.2 Å². The van der Waals surface area contributed by atoms with E-state index in [1.54, 1.807) is 12.1 Å². The van der Waals surface area contributed by atoms with Crippen LogP contribution in [0.5, 0.6) is 0 Å². The molecule has 0 unspecified atom stereocenters. The Morgan fingerprint density at radius 1 is 1.07 bits per heavy atom. The summed E-state index contributed by atoms with van der Waals surface area (Å²) in [5, 5.41) is 2.61. The standard InChI is InChI=1S/C19H21FN2O5S/c1-3-14-4-8-16(9-5-14)22-19(24)13(2)27-18(23)12-21-28(25,26)17-10-6-15(20)7-11-17/h4-11,13,21H,3,12H2,1-2H3,(H,22,24)/t13-/m0/s1. The van der Waals surface area contributed by atoms with Crippen molar-refractivity contribution in [1.82, 2.24) is 4.72 Å². The van der Waals surface area contributed by atoms with Gasteiger partial charge in [0.2, 0.25) is 10.0 Å². The van der Waals surface area contributed by atoms with Crippen LogP contribution in [0.15, 0.2) is 53.4 Å². The van der Waals surface area contributed by atoms with Gasteiger partial charge in [0, 0.05) is 5.69 Å². The zero-order valence-corrected chi connectivity index (χ0v) is 16.3. The minimum absolute atomic E-state index is 0.192. The van der Waals surface area contributed by atoms with Gasteiger partial charge in [-0.15, -0.1) is 0 Å². The highest BCUT2D eigenvalue weighted by molar-refractivity contribution is 7.89. The molecule has 0 saturated carbocycles. The first kappa shape index (κ1) is 21.5. The molecule has 0 aromatic heterocycles. The fourth-order valence-corrected chi connectivity index (χ4v) is 3.18. The average molecular weight is 408 g/mol. The molecular formula is C19H21FN2O5S. The third-order valence-corrected chi connectivity index (χ3v) is 5.25. The zero-order chi connectivity index (χ0) is 20.7. The highest BCUT2D eigenvalue weighted by Gasteiger charge is 2.20. The van der Waals surface area contributed by atoms with Gasteiger partial charge in [-0.2, -0.15) is 4.72 Å². The predicted octanol–water partition coefficient (Wildman–Crippen LogP) is 2.24. The second kappa shape index (κ2) is 9.43. The summed E-state index contributed by atoms with van der Waals surface area (Å²) >= 11 is 0. The van der Waals surface area contributed by atoms with Crippen LogP contribution in [-0.2, 0) is 30.8 Å². The lowest BCUT2D eigenvalue weighted by atomic mass is 10.1. The van der Waals surface area contributed by atoms with Gasteiger partial charge in [-0.1, -0.05) is 19.1 Å². The van der Waals surface area contributed by atoms with Gasteiger partial charge in [-0.25, -0.2) is 12.8 Å². The Balaban J connectivity index is 1.85. The van der Waals surface area contributed by atoms with Crippen molar-refractivity contribution < 1.29 is 27.1 Å². The third-order valence-electron chi connectivity index (χ3n) is 3.84. The predicted molar refractivity (Wildman–Crippen MR) is 102 cm³/mol. The van der Waals surface area contributed by atoms with Gasteiger partial charge < -0.3 is 10.1 Å². The van der Waals surface area contributed by atoms with Crippen LogP contribution in [0.3, 0.4) is 0 Å². The van der Waals surface area contributed by atoms with E-state index in [4.69, 9.17) is 4.74 Å². The van der Waals surface area contributed by atoms with Crippen LogP contribution in [0.1, 0.15) is 19.4 Å². The molecule has 0 saturated heterocycles. The number of ether oxygens (including phenoxy) is 1. The number of hydrogen-bond acceptors (Lipinski definition) is 5. The van der Waals surface area contributed by atoms with Gasteiger partial charge in [0.25, 0.3) is 5.91 Å². The molecule has 0 bridgehead atoms. The molecule has 0 radical (unpaired) electrons. The maximum absolute atomic E-state index is 12.9. The number of rotatable bonds is 8. The van der Waals surface area contributed by atoms with E-state index in [9.17, 15) is 22.4 Å². The molecular weight excluding hydrogens is 387 g/mol. The maximum Gasteiger partial charge on any atom is 0.321 e. The summed E-state index contributed by atoms with van der Waals surface area (Å²) < 4.78 is 43.9. The molecule has 0 spiro atoms. The number of sulfonamides is 1. The SMILES string of the molecule is CCc1ccc(NC(=O)[C@H](C)OC(=O)CNS(=O)(=O)c2ccc(F)cc2)cc1. The second-order valence-electron chi connectivity index (χ2n) is 5.95. The first-order valence-corrected chi connectivity index (χ1v) is 10.0. The Hall–Kier alpha value is -2.78. The topological polar surface area (TPSA) is 102 Å². The molecule has 0 aliphatic carbocycles. The van der Waals surface area contributed by atoms with E-state index >= 15 is 0 Å². The minimum atomic E-state index is -4.00. The van der Waals surface area contributed by atoms with Crippen LogP contribution < -0.4 is 10.0 Å². The van der Waals surface area contributed by atoms with Crippen molar-refractivity contribution in [3.05, 3.63) is 59.9 Å². The number of benzene rings is 2. The summed E-state index contributed by atoms with van der Waals surface area (Å²) in [6.45, 7) is 2.73. The Morgan fingerprint density at radius 3 is 2.25 bits per heavy atom. The lowest BCUT2D eigenvalue weighted by Crippen LogP contribution is -2.35. The Bertz CT molecular complexity index is 928. The first-order chi connectivity index (χ1) is 13.2. The van der Waals surface area contributed by atoms with Crippen LogP contribution >= 0.6 is 0 Å². The number of halogens is 1. The number of aryl methyl sites for hydroxylation is 1. The summed E-state index contributed by atoms with van der Waals surface area (Å²) in [4.78, 5) is 23.7. The molecule has 28 heavy (non-hydrogen) atoms. The fraction of sp³-hybridized carbons (Fsp3) is 0.263. The normalized spacial score (nSPS) is 12.2. The highest BCUT2D eigenvalue weighted by atomic mass is 32.2. The van der Waals surface area contributed by atoms with Crippen molar-refractivity contribution in [2.24, 2.45) is 0 Å². The van der Waals surface area contributed by atoms with Crippen molar-refractivity contribution in [1.29, 1.82) is 0 Å². The lowest BCUT2D eigenvalue weighted by molar-refractivity contribution is -0.151. The van der Waals surface area contributed by atoms with Crippen molar-refractivity contribution in [3.63, 3.8) is 0 Å². The summed E-state index contributed by atoms with van der Waals surface area (Å²) in [5.41, 5.74) is 1.67. The van der Waals surface area contributed by atoms with E-state index in [-0.39, 0.29) is 4.90 Å². The average Bonchev–Trinajstić information content (AvgIpc) is 2.67. The number of carbonyl (C=O) groups is 2.